The van der Waals surface area contributed by atoms with Crippen LogP contribution >= 0.6 is 11.3 Å². The van der Waals surface area contributed by atoms with E-state index in [9.17, 15) is 14.7 Å². The van der Waals surface area contributed by atoms with Crippen molar-refractivity contribution in [2.24, 2.45) is 4.99 Å². The fourth-order valence-electron chi connectivity index (χ4n) is 4.81. The first-order valence-electron chi connectivity index (χ1n) is 13.8. The molecule has 1 aromatic heterocycles. The van der Waals surface area contributed by atoms with Crippen molar-refractivity contribution < 1.29 is 28.8 Å². The van der Waals surface area contributed by atoms with Crippen molar-refractivity contribution in [2.45, 2.75) is 53.2 Å². The van der Waals surface area contributed by atoms with Crippen molar-refractivity contribution in [2.75, 3.05) is 20.3 Å². The monoisotopic (exact) mass is 592 g/mol. The SMILES string of the molecule is C=CCc1cc(/C=c2\sc3n(c2=O)[C@H](c2ccc(OC(C)C)c(OC)c2)C(C(=O)OCC)=C(C)N=3)cc(OCC)c1O. The number of benzene rings is 2. The van der Waals surface area contributed by atoms with Crippen molar-refractivity contribution >= 4 is 23.4 Å². The quantitative estimate of drug-likeness (QED) is 0.259. The topological polar surface area (TPSA) is 109 Å². The second-order valence-electron chi connectivity index (χ2n) is 9.83. The van der Waals surface area contributed by atoms with Crippen LogP contribution in [0.1, 0.15) is 57.4 Å². The average Bonchev–Trinajstić information content (AvgIpc) is 3.24. The van der Waals surface area contributed by atoms with Gasteiger partial charge in [0.25, 0.3) is 5.56 Å². The zero-order chi connectivity index (χ0) is 30.6. The van der Waals surface area contributed by atoms with Gasteiger partial charge in [-0.25, -0.2) is 9.79 Å². The summed E-state index contributed by atoms with van der Waals surface area (Å²) in [5.74, 6) is 0.848. The first kappa shape index (κ1) is 30.6. The molecule has 9 nitrogen and oxygen atoms in total. The standard InChI is InChI=1S/C32H36N2O7S/c1-8-11-22-14-20(15-25(29(22)35)39-9-2)16-26-30(36)34-28(21-12-13-23(41-18(4)5)24(17-21)38-7)27(31(37)40-10-3)19(6)33-32(34)42-26/h8,12-18,28,35H,1,9-11H2,2-7H3/b26-16-/t28-/m1/s1. The summed E-state index contributed by atoms with van der Waals surface area (Å²) in [5, 5.41) is 10.6. The molecule has 2 aromatic carbocycles. The van der Waals surface area contributed by atoms with E-state index < -0.39 is 12.0 Å². The summed E-state index contributed by atoms with van der Waals surface area (Å²) in [6.07, 6.45) is 3.78. The van der Waals surface area contributed by atoms with Gasteiger partial charge in [-0.05, 0) is 82.5 Å². The van der Waals surface area contributed by atoms with Crippen LogP contribution in [0.5, 0.6) is 23.0 Å². The molecule has 0 radical (unpaired) electrons. The number of fused-ring (bicyclic) bond motifs is 1. The van der Waals surface area contributed by atoms with E-state index in [0.717, 1.165) is 0 Å². The number of allylic oxidation sites excluding steroid dienone is 2. The zero-order valence-corrected chi connectivity index (χ0v) is 25.5. The lowest BCUT2D eigenvalue weighted by Crippen LogP contribution is -2.40. The lowest BCUT2D eigenvalue weighted by molar-refractivity contribution is -0.139. The van der Waals surface area contributed by atoms with Crippen LogP contribution in [0, 0.1) is 0 Å². The van der Waals surface area contributed by atoms with Gasteiger partial charge in [0.15, 0.2) is 27.8 Å². The minimum atomic E-state index is -0.806. The molecule has 0 aliphatic carbocycles. The van der Waals surface area contributed by atoms with Crippen LogP contribution < -0.4 is 29.1 Å². The Kier molecular flexibility index (Phi) is 9.57. The maximum absolute atomic E-state index is 14.0. The molecule has 0 spiro atoms. The van der Waals surface area contributed by atoms with E-state index in [-0.39, 0.29) is 29.6 Å². The van der Waals surface area contributed by atoms with Gasteiger partial charge in [-0.1, -0.05) is 23.5 Å². The molecule has 2 heterocycles. The molecule has 1 aliphatic heterocycles. The highest BCUT2D eigenvalue weighted by atomic mass is 32.1. The lowest BCUT2D eigenvalue weighted by atomic mass is 9.95. The van der Waals surface area contributed by atoms with E-state index in [1.54, 1.807) is 57.4 Å². The fraction of sp³-hybridized carbons (Fsp3) is 0.344. The molecule has 10 heteroatoms. The highest BCUT2D eigenvalue weighted by Gasteiger charge is 2.34. The molecule has 0 bridgehead atoms. The number of hydrogen-bond donors (Lipinski definition) is 1. The molecule has 3 aromatic rings. The molecule has 0 unspecified atom stereocenters. The number of thiazole rings is 1. The summed E-state index contributed by atoms with van der Waals surface area (Å²) < 4.78 is 24.5. The number of aromatic nitrogens is 1. The number of esters is 1. The third-order valence-corrected chi connectivity index (χ3v) is 7.50. The second-order valence-corrected chi connectivity index (χ2v) is 10.8. The number of nitrogens with zero attached hydrogens (tertiary/aromatic N) is 2. The molecule has 4 rings (SSSR count). The lowest BCUT2D eigenvalue weighted by Gasteiger charge is -2.25. The van der Waals surface area contributed by atoms with Gasteiger partial charge in [0, 0.05) is 5.56 Å². The van der Waals surface area contributed by atoms with Crippen LogP contribution in [-0.4, -0.2) is 42.1 Å². The molecule has 0 saturated heterocycles. The van der Waals surface area contributed by atoms with Crippen LogP contribution in [0.2, 0.25) is 0 Å². The predicted molar refractivity (Wildman–Crippen MR) is 162 cm³/mol. The highest BCUT2D eigenvalue weighted by molar-refractivity contribution is 7.07. The molecule has 0 saturated carbocycles. The van der Waals surface area contributed by atoms with E-state index >= 15 is 0 Å². The number of methoxy groups -OCH3 is 1. The molecular weight excluding hydrogens is 556 g/mol. The predicted octanol–water partition coefficient (Wildman–Crippen LogP) is 4.43. The summed E-state index contributed by atoms with van der Waals surface area (Å²) in [4.78, 5) is 32.4. The van der Waals surface area contributed by atoms with Gasteiger partial charge >= 0.3 is 5.97 Å². The second kappa shape index (κ2) is 13.1. The Labute approximate surface area is 248 Å². The average molecular weight is 593 g/mol. The van der Waals surface area contributed by atoms with Gasteiger partial charge in [-0.2, -0.15) is 0 Å². The van der Waals surface area contributed by atoms with E-state index in [1.807, 2.05) is 26.8 Å². The number of carbonyl (C=O) groups is 1. The largest absolute Gasteiger partial charge is 0.504 e. The van der Waals surface area contributed by atoms with E-state index in [1.165, 1.54) is 15.9 Å². The van der Waals surface area contributed by atoms with E-state index in [2.05, 4.69) is 11.6 Å². The normalized spacial score (nSPS) is 14.8. The van der Waals surface area contributed by atoms with Crippen molar-refractivity contribution in [3.63, 3.8) is 0 Å². The first-order valence-corrected chi connectivity index (χ1v) is 14.6. The highest BCUT2D eigenvalue weighted by Crippen LogP contribution is 2.37. The summed E-state index contributed by atoms with van der Waals surface area (Å²) in [6, 6.07) is 8.04. The van der Waals surface area contributed by atoms with Gasteiger partial charge < -0.3 is 24.1 Å². The van der Waals surface area contributed by atoms with Crippen LogP contribution in [0.3, 0.4) is 0 Å². The maximum Gasteiger partial charge on any atom is 0.338 e. The van der Waals surface area contributed by atoms with Crippen LogP contribution in [0.4, 0.5) is 0 Å². The number of rotatable bonds is 11. The molecule has 222 valence electrons. The molecule has 42 heavy (non-hydrogen) atoms. The number of carbonyl (C=O) groups excluding carboxylic acids is 1. The minimum Gasteiger partial charge on any atom is -0.504 e. The molecular formula is C32H36N2O7S. The molecule has 1 atom stereocenters. The van der Waals surface area contributed by atoms with Gasteiger partial charge in [0.1, 0.15) is 0 Å². The third-order valence-electron chi connectivity index (χ3n) is 6.52. The number of hydrogen-bond acceptors (Lipinski definition) is 9. The Morgan fingerprint density at radius 1 is 1.17 bits per heavy atom. The number of aromatic hydroxyl groups is 1. The number of ether oxygens (including phenoxy) is 4. The van der Waals surface area contributed by atoms with Gasteiger partial charge in [-0.3, -0.25) is 9.36 Å². The first-order chi connectivity index (χ1) is 20.1. The number of phenolic OH excluding ortho intramolecular Hbond substituents is 1. The summed E-state index contributed by atoms with van der Waals surface area (Å²) >= 11 is 1.21. The molecule has 0 amide bonds. The van der Waals surface area contributed by atoms with Crippen LogP contribution in [0.15, 0.2) is 64.0 Å². The summed E-state index contributed by atoms with van der Waals surface area (Å²) in [7, 11) is 1.54. The summed E-state index contributed by atoms with van der Waals surface area (Å²) in [5.41, 5.74) is 2.36. The number of phenols is 1. The van der Waals surface area contributed by atoms with E-state index in [0.29, 0.717) is 62.0 Å². The molecule has 1 N–H and O–H groups in total. The van der Waals surface area contributed by atoms with E-state index in [4.69, 9.17) is 18.9 Å². The van der Waals surface area contributed by atoms with Crippen LogP contribution in [0.25, 0.3) is 6.08 Å². The maximum atomic E-state index is 14.0. The Bertz CT molecular complexity index is 1720. The molecule has 1 aliphatic rings. The molecule has 0 fully saturated rings. The van der Waals surface area contributed by atoms with Gasteiger partial charge in [0.2, 0.25) is 0 Å². The van der Waals surface area contributed by atoms with Crippen molar-refractivity contribution in [1.82, 2.24) is 4.57 Å². The Morgan fingerprint density at radius 2 is 1.93 bits per heavy atom. The van der Waals surface area contributed by atoms with Crippen LogP contribution in [-0.2, 0) is 16.0 Å². The Balaban J connectivity index is 1.95. The third kappa shape index (κ3) is 6.13. The smallest absolute Gasteiger partial charge is 0.338 e. The van der Waals surface area contributed by atoms with Gasteiger partial charge in [0.05, 0.1) is 48.3 Å². The fourth-order valence-corrected chi connectivity index (χ4v) is 5.86. The van der Waals surface area contributed by atoms with Crippen molar-refractivity contribution in [3.05, 3.63) is 90.6 Å². The zero-order valence-electron chi connectivity index (χ0n) is 24.7. The van der Waals surface area contributed by atoms with Gasteiger partial charge in [-0.15, -0.1) is 6.58 Å². The van der Waals surface area contributed by atoms with Crippen molar-refractivity contribution in [3.8, 4) is 23.0 Å². The Morgan fingerprint density at radius 3 is 2.57 bits per heavy atom. The Hall–Kier alpha value is -4.31. The van der Waals surface area contributed by atoms with Crippen molar-refractivity contribution in [1.29, 1.82) is 0 Å². The summed E-state index contributed by atoms with van der Waals surface area (Å²) in [6.45, 7) is 13.4. The minimum absolute atomic E-state index is 0.0453.